The molecule has 0 radical (unpaired) electrons. The van der Waals surface area contributed by atoms with Gasteiger partial charge >= 0.3 is 0 Å². The number of aromatic nitrogens is 3. The molecule has 23 heavy (non-hydrogen) atoms. The summed E-state index contributed by atoms with van der Waals surface area (Å²) >= 11 is 0. The molecule has 1 saturated carbocycles. The first kappa shape index (κ1) is 14.8. The Labute approximate surface area is 136 Å². The second kappa shape index (κ2) is 6.40. The number of halogens is 1. The second-order valence-electron chi connectivity index (χ2n) is 6.90. The van der Waals surface area contributed by atoms with Crippen LogP contribution in [-0.4, -0.2) is 26.2 Å². The van der Waals surface area contributed by atoms with Crippen molar-refractivity contribution in [2.45, 2.75) is 51.2 Å². The Balaban J connectivity index is 1.54. The van der Waals surface area contributed by atoms with Crippen LogP contribution in [0.3, 0.4) is 0 Å². The molecule has 122 valence electrons. The van der Waals surface area contributed by atoms with E-state index in [1.165, 1.54) is 31.7 Å². The minimum Gasteiger partial charge on any atom is -0.316 e. The smallest absolute Gasteiger partial charge is 0.150 e. The number of hydrogen-bond acceptors (Lipinski definition) is 3. The van der Waals surface area contributed by atoms with Crippen LogP contribution in [0.15, 0.2) is 30.6 Å². The van der Waals surface area contributed by atoms with Crippen molar-refractivity contribution >= 4 is 0 Å². The molecule has 5 heteroatoms. The third kappa shape index (κ3) is 3.44. The molecule has 4 nitrogen and oxygen atoms in total. The first-order valence-electron chi connectivity index (χ1n) is 8.66. The van der Waals surface area contributed by atoms with E-state index in [9.17, 15) is 4.39 Å². The summed E-state index contributed by atoms with van der Waals surface area (Å²) in [6.45, 7) is 2.86. The Kier molecular flexibility index (Phi) is 4.12. The number of rotatable bonds is 5. The van der Waals surface area contributed by atoms with Gasteiger partial charge in [-0.05, 0) is 55.8 Å². The van der Waals surface area contributed by atoms with Gasteiger partial charge in [0.2, 0.25) is 0 Å². The average molecular weight is 314 g/mol. The van der Waals surface area contributed by atoms with Gasteiger partial charge in [-0.1, -0.05) is 18.6 Å². The summed E-state index contributed by atoms with van der Waals surface area (Å²) in [7, 11) is 0. The van der Waals surface area contributed by atoms with Crippen LogP contribution >= 0.6 is 0 Å². The zero-order chi connectivity index (χ0) is 15.6. The lowest BCUT2D eigenvalue weighted by atomic mass is 10.00. The van der Waals surface area contributed by atoms with E-state index in [0.29, 0.717) is 6.04 Å². The minimum atomic E-state index is -0.159. The summed E-state index contributed by atoms with van der Waals surface area (Å²) in [6, 6.07) is 7.24. The van der Waals surface area contributed by atoms with Gasteiger partial charge in [0, 0.05) is 13.1 Å². The van der Waals surface area contributed by atoms with Gasteiger partial charge in [0.15, 0.2) is 0 Å². The second-order valence-corrected chi connectivity index (χ2v) is 6.90. The first-order chi connectivity index (χ1) is 11.3. The lowest BCUT2D eigenvalue weighted by Gasteiger charge is -2.35. The maximum absolute atomic E-state index is 13.5. The number of nitrogens with zero attached hydrogens (tertiary/aromatic N) is 4. The molecule has 1 atom stereocenters. The molecule has 2 fully saturated rings. The van der Waals surface area contributed by atoms with Crippen LogP contribution in [0.4, 0.5) is 4.39 Å². The Hall–Kier alpha value is -1.75. The molecule has 2 heterocycles. The highest BCUT2D eigenvalue weighted by atomic mass is 19.1. The fourth-order valence-electron chi connectivity index (χ4n) is 3.58. The molecule has 1 aromatic carbocycles. The molecule has 1 aliphatic heterocycles. The molecule has 2 aliphatic rings. The van der Waals surface area contributed by atoms with E-state index in [0.717, 1.165) is 43.4 Å². The van der Waals surface area contributed by atoms with Crippen LogP contribution < -0.4 is 0 Å². The van der Waals surface area contributed by atoms with Crippen LogP contribution in [0.5, 0.6) is 0 Å². The minimum absolute atomic E-state index is 0.159. The van der Waals surface area contributed by atoms with Crippen molar-refractivity contribution in [3.63, 3.8) is 0 Å². The molecule has 0 amide bonds. The average Bonchev–Trinajstić information content (AvgIpc) is 3.24. The summed E-state index contributed by atoms with van der Waals surface area (Å²) in [4.78, 5) is 2.44. The Morgan fingerprint density at radius 2 is 2.09 bits per heavy atom. The fourth-order valence-corrected chi connectivity index (χ4v) is 3.58. The maximum atomic E-state index is 13.5. The monoisotopic (exact) mass is 314 g/mol. The van der Waals surface area contributed by atoms with Crippen molar-refractivity contribution in [3.05, 3.63) is 47.8 Å². The molecular weight excluding hydrogens is 291 g/mol. The van der Waals surface area contributed by atoms with Gasteiger partial charge in [-0.2, -0.15) is 0 Å². The lowest BCUT2D eigenvalue weighted by Crippen LogP contribution is -2.34. The van der Waals surface area contributed by atoms with Crippen molar-refractivity contribution in [1.82, 2.24) is 19.7 Å². The summed E-state index contributed by atoms with van der Waals surface area (Å²) in [5, 5.41) is 8.59. The lowest BCUT2D eigenvalue weighted by molar-refractivity contribution is 0.130. The quantitative estimate of drug-likeness (QED) is 0.846. The highest BCUT2D eigenvalue weighted by Crippen LogP contribution is 2.34. The molecule has 4 rings (SSSR count). The highest BCUT2D eigenvalue weighted by Gasteiger charge is 2.30. The van der Waals surface area contributed by atoms with Crippen LogP contribution in [-0.2, 0) is 13.1 Å². The Morgan fingerprint density at radius 3 is 2.91 bits per heavy atom. The summed E-state index contributed by atoms with van der Waals surface area (Å²) in [5.74, 6) is 1.74. The van der Waals surface area contributed by atoms with Crippen LogP contribution in [0, 0.1) is 11.7 Å². The normalized spacial score (nSPS) is 22.4. The molecule has 1 saturated heterocycles. The van der Waals surface area contributed by atoms with Gasteiger partial charge in [-0.3, -0.25) is 4.90 Å². The van der Waals surface area contributed by atoms with Crippen LogP contribution in [0.2, 0.25) is 0 Å². The predicted octanol–water partition coefficient (Wildman–Crippen LogP) is 3.55. The van der Waals surface area contributed by atoms with Crippen LogP contribution in [0.25, 0.3) is 0 Å². The number of piperidine rings is 1. The topological polar surface area (TPSA) is 34.0 Å². The zero-order valence-electron chi connectivity index (χ0n) is 13.4. The van der Waals surface area contributed by atoms with E-state index in [1.807, 2.05) is 12.4 Å². The van der Waals surface area contributed by atoms with Gasteiger partial charge in [0.25, 0.3) is 0 Å². The summed E-state index contributed by atoms with van der Waals surface area (Å²) < 4.78 is 15.7. The zero-order valence-corrected chi connectivity index (χ0v) is 13.4. The summed E-state index contributed by atoms with van der Waals surface area (Å²) in [6.07, 6.45) is 8.06. The van der Waals surface area contributed by atoms with Gasteiger partial charge in [-0.25, -0.2) is 4.39 Å². The predicted molar refractivity (Wildman–Crippen MR) is 86.1 cm³/mol. The largest absolute Gasteiger partial charge is 0.316 e. The molecular formula is C18H23FN4. The molecule has 1 aliphatic carbocycles. The third-order valence-electron chi connectivity index (χ3n) is 4.98. The highest BCUT2D eigenvalue weighted by molar-refractivity contribution is 5.16. The van der Waals surface area contributed by atoms with E-state index in [1.54, 1.807) is 12.1 Å². The summed E-state index contributed by atoms with van der Waals surface area (Å²) in [5.41, 5.74) is 1.03. The fraction of sp³-hybridized carbons (Fsp3) is 0.556. The van der Waals surface area contributed by atoms with Crippen molar-refractivity contribution < 1.29 is 4.39 Å². The van der Waals surface area contributed by atoms with E-state index in [4.69, 9.17) is 0 Å². The van der Waals surface area contributed by atoms with Crippen molar-refractivity contribution in [3.8, 4) is 0 Å². The van der Waals surface area contributed by atoms with E-state index in [2.05, 4.69) is 19.7 Å². The standard InChI is InChI=1S/C18H23FN4/c19-16-5-3-4-15(10-16)12-22-9-2-1-6-17(22)18-21-20-13-23(18)11-14-7-8-14/h3-5,10,13-14,17H,1-2,6-9,11-12H2. The SMILES string of the molecule is Fc1cccc(CN2CCCCC2c2nncn2CC2CC2)c1. The maximum Gasteiger partial charge on any atom is 0.150 e. The van der Waals surface area contributed by atoms with Gasteiger partial charge in [0.05, 0.1) is 6.04 Å². The number of likely N-dealkylation sites (tertiary alicyclic amines) is 1. The number of hydrogen-bond donors (Lipinski definition) is 0. The van der Waals surface area contributed by atoms with Crippen molar-refractivity contribution in [2.75, 3.05) is 6.54 Å². The Morgan fingerprint density at radius 1 is 1.17 bits per heavy atom. The van der Waals surface area contributed by atoms with Crippen molar-refractivity contribution in [1.29, 1.82) is 0 Å². The molecule has 1 unspecified atom stereocenters. The van der Waals surface area contributed by atoms with E-state index >= 15 is 0 Å². The molecule has 2 aromatic rings. The molecule has 0 spiro atoms. The van der Waals surface area contributed by atoms with Gasteiger partial charge < -0.3 is 4.57 Å². The van der Waals surface area contributed by atoms with Gasteiger partial charge in [0.1, 0.15) is 18.0 Å². The van der Waals surface area contributed by atoms with E-state index < -0.39 is 0 Å². The Bertz CT molecular complexity index is 665. The molecule has 1 aromatic heterocycles. The molecule has 0 bridgehead atoms. The number of benzene rings is 1. The third-order valence-corrected chi connectivity index (χ3v) is 4.98. The van der Waals surface area contributed by atoms with Gasteiger partial charge in [-0.15, -0.1) is 10.2 Å². The van der Waals surface area contributed by atoms with Crippen molar-refractivity contribution in [2.24, 2.45) is 5.92 Å². The first-order valence-corrected chi connectivity index (χ1v) is 8.66. The molecule has 0 N–H and O–H groups in total. The van der Waals surface area contributed by atoms with E-state index in [-0.39, 0.29) is 5.82 Å². The van der Waals surface area contributed by atoms with Crippen LogP contribution in [0.1, 0.15) is 49.5 Å².